The highest BCUT2D eigenvalue weighted by Crippen LogP contribution is 2.68. The van der Waals surface area contributed by atoms with Gasteiger partial charge in [0.15, 0.2) is 11.6 Å². The quantitative estimate of drug-likeness (QED) is 0.280. The third kappa shape index (κ3) is 2.89. The number of ether oxygens (including phenoxy) is 1. The molecule has 6 heteroatoms. The van der Waals surface area contributed by atoms with Gasteiger partial charge in [-0.2, -0.15) is 0 Å². The minimum Gasteiger partial charge on any atom is -0.348 e. The fourth-order valence-electron chi connectivity index (χ4n) is 6.75. The number of hydrogen-bond acceptors (Lipinski definition) is 5. The van der Waals surface area contributed by atoms with E-state index in [-0.39, 0.29) is 22.3 Å². The molecule has 0 aromatic heterocycles. The Morgan fingerprint density at radius 1 is 0.615 bits per heavy atom. The molecule has 0 saturated carbocycles. The SMILES string of the molecule is Cc1ccc([C@H]2OC3(C(=O)c4ccccc4C3=O)[C@@H](c3cccc(Cl)c3)C23C(=O)c2ccccc2C3=O)cc1. The van der Waals surface area contributed by atoms with Crippen molar-refractivity contribution >= 4 is 34.7 Å². The molecule has 0 amide bonds. The molecule has 2 aliphatic carbocycles. The van der Waals surface area contributed by atoms with Crippen molar-refractivity contribution in [2.45, 2.75) is 24.5 Å². The summed E-state index contributed by atoms with van der Waals surface area (Å²) in [6.45, 7) is 1.92. The lowest BCUT2D eigenvalue weighted by molar-refractivity contribution is -0.0210. The summed E-state index contributed by atoms with van der Waals surface area (Å²) in [4.78, 5) is 58.0. The average molecular weight is 533 g/mol. The first kappa shape index (κ1) is 23.9. The van der Waals surface area contributed by atoms with Gasteiger partial charge in [-0.05, 0) is 30.2 Å². The second kappa shape index (κ2) is 8.15. The fourth-order valence-corrected chi connectivity index (χ4v) is 6.95. The van der Waals surface area contributed by atoms with Gasteiger partial charge < -0.3 is 4.74 Å². The average Bonchev–Trinajstić information content (AvgIpc) is 3.47. The molecule has 4 aromatic carbocycles. The highest BCUT2D eigenvalue weighted by Gasteiger charge is 2.79. The number of carbonyl (C=O) groups excluding carboxylic acids is 4. The number of aryl methyl sites for hydroxylation is 1. The van der Waals surface area contributed by atoms with Crippen LogP contribution in [-0.4, -0.2) is 28.7 Å². The molecule has 190 valence electrons. The Balaban J connectivity index is 1.60. The zero-order valence-electron chi connectivity index (χ0n) is 20.8. The Labute approximate surface area is 229 Å². The number of ketones is 4. The van der Waals surface area contributed by atoms with Gasteiger partial charge in [0.25, 0.3) is 0 Å². The zero-order valence-corrected chi connectivity index (χ0v) is 21.6. The Hall–Kier alpha value is -4.19. The van der Waals surface area contributed by atoms with Crippen LogP contribution in [0.15, 0.2) is 97.1 Å². The van der Waals surface area contributed by atoms with Gasteiger partial charge in [-0.15, -0.1) is 0 Å². The molecule has 5 nitrogen and oxygen atoms in total. The highest BCUT2D eigenvalue weighted by molar-refractivity contribution is 6.37. The standard InChI is InChI=1S/C33H21ClO5/c1-18-13-15-19(16-14-18)31-32(27(35)22-9-2-3-10-23(22)28(32)36)26(20-7-6-8-21(34)17-20)33(39-31)29(37)24-11-4-5-12-25(24)30(33)38/h2-17,26,31H,1H3/t26-,31+/m0/s1. The van der Waals surface area contributed by atoms with Crippen LogP contribution in [0, 0.1) is 12.3 Å². The van der Waals surface area contributed by atoms with Gasteiger partial charge in [-0.3, -0.25) is 19.2 Å². The van der Waals surface area contributed by atoms with Crippen molar-refractivity contribution in [1.29, 1.82) is 0 Å². The molecule has 0 unspecified atom stereocenters. The molecule has 1 fully saturated rings. The van der Waals surface area contributed by atoms with E-state index in [1.165, 1.54) is 0 Å². The lowest BCUT2D eigenvalue weighted by Crippen LogP contribution is -2.51. The Bertz CT molecular complexity index is 1680. The minimum absolute atomic E-state index is 0.213. The maximum absolute atomic E-state index is 14.6. The topological polar surface area (TPSA) is 77.5 Å². The lowest BCUT2D eigenvalue weighted by atomic mass is 9.60. The Morgan fingerprint density at radius 2 is 1.13 bits per heavy atom. The molecule has 3 aliphatic rings. The number of halogens is 1. The minimum atomic E-state index is -2.13. The van der Waals surface area contributed by atoms with Crippen molar-refractivity contribution < 1.29 is 23.9 Å². The van der Waals surface area contributed by atoms with E-state index in [1.54, 1.807) is 84.9 Å². The number of hydrogen-bond donors (Lipinski definition) is 0. The summed E-state index contributed by atoms with van der Waals surface area (Å²) in [5.74, 6) is -3.30. The largest absolute Gasteiger partial charge is 0.348 e. The molecule has 0 radical (unpaired) electrons. The third-order valence-electron chi connectivity index (χ3n) is 8.40. The van der Waals surface area contributed by atoms with Gasteiger partial charge in [0.1, 0.15) is 11.5 Å². The Kier molecular flexibility index (Phi) is 5.00. The molecular weight excluding hydrogens is 512 g/mol. The maximum atomic E-state index is 14.6. The summed E-state index contributed by atoms with van der Waals surface area (Å²) in [5.41, 5.74) is -1.18. The van der Waals surface area contributed by atoms with Crippen molar-refractivity contribution in [3.8, 4) is 0 Å². The number of rotatable bonds is 2. The summed E-state index contributed by atoms with van der Waals surface area (Å²) < 4.78 is 6.68. The van der Waals surface area contributed by atoms with Crippen molar-refractivity contribution in [2.75, 3.05) is 0 Å². The monoisotopic (exact) mass is 532 g/mol. The Morgan fingerprint density at radius 3 is 1.64 bits per heavy atom. The van der Waals surface area contributed by atoms with Crippen LogP contribution >= 0.6 is 11.6 Å². The molecular formula is C33H21ClO5. The maximum Gasteiger partial charge on any atom is 0.204 e. The van der Waals surface area contributed by atoms with Crippen LogP contribution in [-0.2, 0) is 4.74 Å². The van der Waals surface area contributed by atoms with E-state index >= 15 is 0 Å². The van der Waals surface area contributed by atoms with E-state index < -0.39 is 46.2 Å². The molecule has 2 spiro atoms. The van der Waals surface area contributed by atoms with E-state index in [9.17, 15) is 19.2 Å². The molecule has 1 aliphatic heterocycles. The summed E-state index contributed by atoms with van der Waals surface area (Å²) in [7, 11) is 0. The molecule has 39 heavy (non-hydrogen) atoms. The van der Waals surface area contributed by atoms with Gasteiger partial charge in [0, 0.05) is 27.3 Å². The van der Waals surface area contributed by atoms with Crippen molar-refractivity contribution in [3.05, 3.63) is 141 Å². The smallest absolute Gasteiger partial charge is 0.204 e. The molecule has 7 rings (SSSR count). The number of benzene rings is 4. The van der Waals surface area contributed by atoms with Crippen LogP contribution < -0.4 is 0 Å². The van der Waals surface area contributed by atoms with E-state index in [0.29, 0.717) is 16.1 Å². The first-order valence-corrected chi connectivity index (χ1v) is 13.1. The molecule has 0 N–H and O–H groups in total. The summed E-state index contributed by atoms with van der Waals surface area (Å²) in [5, 5.41) is 0.349. The van der Waals surface area contributed by atoms with Gasteiger partial charge in [-0.1, -0.05) is 102 Å². The van der Waals surface area contributed by atoms with Crippen LogP contribution in [0.3, 0.4) is 0 Å². The van der Waals surface area contributed by atoms with E-state index in [0.717, 1.165) is 5.56 Å². The van der Waals surface area contributed by atoms with Crippen LogP contribution in [0.2, 0.25) is 5.02 Å². The van der Waals surface area contributed by atoms with Crippen LogP contribution in [0.1, 0.15) is 70.1 Å². The molecule has 1 heterocycles. The molecule has 2 atom stereocenters. The summed E-state index contributed by atoms with van der Waals surface area (Å²) >= 11 is 6.43. The zero-order chi connectivity index (χ0) is 27.1. The predicted molar refractivity (Wildman–Crippen MR) is 145 cm³/mol. The third-order valence-corrected chi connectivity index (χ3v) is 8.64. The first-order valence-electron chi connectivity index (χ1n) is 12.7. The normalized spacial score (nSPS) is 22.1. The van der Waals surface area contributed by atoms with Crippen LogP contribution in [0.25, 0.3) is 0 Å². The van der Waals surface area contributed by atoms with Crippen LogP contribution in [0.5, 0.6) is 0 Å². The van der Waals surface area contributed by atoms with Crippen LogP contribution in [0.4, 0.5) is 0 Å². The van der Waals surface area contributed by atoms with Crippen molar-refractivity contribution in [3.63, 3.8) is 0 Å². The second-order valence-electron chi connectivity index (χ2n) is 10.4. The number of carbonyl (C=O) groups is 4. The first-order chi connectivity index (χ1) is 18.8. The van der Waals surface area contributed by atoms with Gasteiger partial charge in [0.05, 0.1) is 5.92 Å². The number of Topliss-reactive ketones (excluding diaryl/α,β-unsaturated/α-hetero) is 4. The summed E-state index contributed by atoms with van der Waals surface area (Å²) in [6.07, 6.45) is -1.20. The molecule has 4 aromatic rings. The number of fused-ring (bicyclic) bond motifs is 2. The molecule has 1 saturated heterocycles. The fraction of sp³-hybridized carbons (Fsp3) is 0.152. The van der Waals surface area contributed by atoms with Gasteiger partial charge in [0.2, 0.25) is 17.2 Å². The second-order valence-corrected chi connectivity index (χ2v) is 10.8. The van der Waals surface area contributed by atoms with E-state index in [2.05, 4.69) is 0 Å². The van der Waals surface area contributed by atoms with Gasteiger partial charge in [-0.25, -0.2) is 0 Å². The predicted octanol–water partition coefficient (Wildman–Crippen LogP) is 6.39. The van der Waals surface area contributed by atoms with E-state index in [1.807, 2.05) is 19.1 Å². The van der Waals surface area contributed by atoms with E-state index in [4.69, 9.17) is 16.3 Å². The highest BCUT2D eigenvalue weighted by atomic mass is 35.5. The molecule has 0 bridgehead atoms. The van der Waals surface area contributed by atoms with Crippen molar-refractivity contribution in [2.24, 2.45) is 5.41 Å². The lowest BCUT2D eigenvalue weighted by Gasteiger charge is -2.34. The van der Waals surface area contributed by atoms with Gasteiger partial charge >= 0.3 is 0 Å². The van der Waals surface area contributed by atoms with Crippen molar-refractivity contribution in [1.82, 2.24) is 0 Å². The summed E-state index contributed by atoms with van der Waals surface area (Å²) in [6, 6.07) is 27.1.